The van der Waals surface area contributed by atoms with Gasteiger partial charge in [0.25, 0.3) is 0 Å². The minimum absolute atomic E-state index is 0.0623. The van der Waals surface area contributed by atoms with Crippen molar-refractivity contribution in [3.63, 3.8) is 0 Å². The molecule has 1 amide bonds. The average Bonchev–Trinajstić information content (AvgIpc) is 2.77. The number of hydrogen-bond acceptors (Lipinski definition) is 5. The largest absolute Gasteiger partial charge is 0.497 e. The van der Waals surface area contributed by atoms with Gasteiger partial charge in [0.15, 0.2) is 0 Å². The van der Waals surface area contributed by atoms with Crippen molar-refractivity contribution >= 4 is 11.6 Å². The topological polar surface area (TPSA) is 69.7 Å². The van der Waals surface area contributed by atoms with Crippen LogP contribution in [-0.4, -0.2) is 24.6 Å². The third-order valence-electron chi connectivity index (χ3n) is 4.12. The number of amides is 1. The molecular formula is C23H24N2O4. The molecule has 0 aliphatic rings. The quantitative estimate of drug-likeness (QED) is 0.516. The predicted octanol–water partition coefficient (Wildman–Crippen LogP) is 4.47. The summed E-state index contributed by atoms with van der Waals surface area (Å²) in [6.07, 6.45) is 4.48. The maximum Gasteiger partial charge on any atom is 0.224 e. The first-order valence-corrected chi connectivity index (χ1v) is 9.41. The molecule has 1 aromatic heterocycles. The first kappa shape index (κ1) is 20.2. The van der Waals surface area contributed by atoms with E-state index in [0.29, 0.717) is 37.5 Å². The van der Waals surface area contributed by atoms with Crippen LogP contribution in [0.2, 0.25) is 0 Å². The van der Waals surface area contributed by atoms with Crippen LogP contribution in [0.25, 0.3) is 0 Å². The van der Waals surface area contributed by atoms with Crippen molar-refractivity contribution in [1.29, 1.82) is 0 Å². The maximum atomic E-state index is 12.2. The molecule has 3 aromatic rings. The fourth-order valence-corrected chi connectivity index (χ4v) is 2.63. The van der Waals surface area contributed by atoms with Crippen molar-refractivity contribution in [3.05, 3.63) is 78.6 Å². The van der Waals surface area contributed by atoms with Crippen LogP contribution in [0.5, 0.6) is 17.2 Å². The number of ether oxygens (including phenoxy) is 3. The molecule has 1 N–H and O–H groups in total. The fraction of sp³-hybridized carbons (Fsp3) is 0.217. The van der Waals surface area contributed by atoms with Gasteiger partial charge in [-0.1, -0.05) is 12.1 Å². The molecular weight excluding hydrogens is 368 g/mol. The van der Waals surface area contributed by atoms with Crippen molar-refractivity contribution in [2.75, 3.05) is 19.0 Å². The number of nitrogens with one attached hydrogen (secondary N) is 1. The van der Waals surface area contributed by atoms with Gasteiger partial charge < -0.3 is 19.5 Å². The third-order valence-corrected chi connectivity index (χ3v) is 4.12. The highest BCUT2D eigenvalue weighted by Gasteiger charge is 2.05. The van der Waals surface area contributed by atoms with Crippen LogP contribution < -0.4 is 19.5 Å². The SMILES string of the molecule is COc1ccc(OCCCC(=O)Nc2cccc(OCc3cccnc3)c2)cc1. The normalized spacial score (nSPS) is 10.2. The molecule has 0 atom stereocenters. The Kier molecular flexibility index (Phi) is 7.46. The maximum absolute atomic E-state index is 12.2. The molecule has 0 aliphatic carbocycles. The Morgan fingerprint density at radius 3 is 2.55 bits per heavy atom. The van der Waals surface area contributed by atoms with Gasteiger partial charge >= 0.3 is 0 Å². The predicted molar refractivity (Wildman–Crippen MR) is 111 cm³/mol. The van der Waals surface area contributed by atoms with Gasteiger partial charge in [0.2, 0.25) is 5.91 Å². The van der Waals surface area contributed by atoms with Gasteiger partial charge in [0.1, 0.15) is 23.9 Å². The van der Waals surface area contributed by atoms with Crippen LogP contribution in [0.4, 0.5) is 5.69 Å². The van der Waals surface area contributed by atoms with Gasteiger partial charge in [-0.2, -0.15) is 0 Å². The number of aromatic nitrogens is 1. The number of benzene rings is 2. The summed E-state index contributed by atoms with van der Waals surface area (Å²) in [5, 5.41) is 2.89. The molecule has 29 heavy (non-hydrogen) atoms. The Hall–Kier alpha value is -3.54. The minimum atomic E-state index is -0.0623. The fourth-order valence-electron chi connectivity index (χ4n) is 2.63. The van der Waals surface area contributed by atoms with Crippen LogP contribution in [0.3, 0.4) is 0 Å². The Bertz CT molecular complexity index is 898. The number of carbonyl (C=O) groups is 1. The van der Waals surface area contributed by atoms with E-state index in [9.17, 15) is 4.79 Å². The third kappa shape index (κ3) is 6.84. The average molecular weight is 392 g/mol. The first-order valence-electron chi connectivity index (χ1n) is 9.41. The Morgan fingerprint density at radius 1 is 0.966 bits per heavy atom. The van der Waals surface area contributed by atoms with Crippen molar-refractivity contribution < 1.29 is 19.0 Å². The summed E-state index contributed by atoms with van der Waals surface area (Å²) in [5.41, 5.74) is 1.69. The zero-order valence-electron chi connectivity index (χ0n) is 16.3. The number of pyridine rings is 1. The lowest BCUT2D eigenvalue weighted by Crippen LogP contribution is -2.12. The summed E-state index contributed by atoms with van der Waals surface area (Å²) in [6.45, 7) is 0.891. The number of methoxy groups -OCH3 is 1. The number of anilines is 1. The highest BCUT2D eigenvalue weighted by atomic mass is 16.5. The minimum Gasteiger partial charge on any atom is -0.497 e. The number of carbonyl (C=O) groups excluding carboxylic acids is 1. The summed E-state index contributed by atoms with van der Waals surface area (Å²) < 4.78 is 16.5. The molecule has 3 rings (SSSR count). The molecule has 0 spiro atoms. The molecule has 0 saturated carbocycles. The molecule has 2 aromatic carbocycles. The molecule has 0 unspecified atom stereocenters. The summed E-state index contributed by atoms with van der Waals surface area (Å²) in [4.78, 5) is 16.2. The highest BCUT2D eigenvalue weighted by Crippen LogP contribution is 2.19. The van der Waals surface area contributed by atoms with Crippen LogP contribution in [0, 0.1) is 0 Å². The van der Waals surface area contributed by atoms with Gasteiger partial charge in [0.05, 0.1) is 13.7 Å². The lowest BCUT2D eigenvalue weighted by molar-refractivity contribution is -0.116. The van der Waals surface area contributed by atoms with Crippen LogP contribution in [0.1, 0.15) is 18.4 Å². The van der Waals surface area contributed by atoms with Gasteiger partial charge in [-0.25, -0.2) is 0 Å². The lowest BCUT2D eigenvalue weighted by atomic mass is 10.2. The molecule has 0 saturated heterocycles. The second kappa shape index (κ2) is 10.7. The summed E-state index contributed by atoms with van der Waals surface area (Å²) in [5.74, 6) is 2.16. The number of hydrogen-bond donors (Lipinski definition) is 1. The number of rotatable bonds is 10. The molecule has 150 valence electrons. The van der Waals surface area contributed by atoms with Crippen molar-refractivity contribution in [1.82, 2.24) is 4.98 Å². The molecule has 0 fully saturated rings. The van der Waals surface area contributed by atoms with E-state index in [0.717, 1.165) is 17.1 Å². The van der Waals surface area contributed by atoms with E-state index >= 15 is 0 Å². The van der Waals surface area contributed by atoms with E-state index in [1.54, 1.807) is 19.5 Å². The highest BCUT2D eigenvalue weighted by molar-refractivity contribution is 5.90. The molecule has 0 radical (unpaired) electrons. The van der Waals surface area contributed by atoms with E-state index in [4.69, 9.17) is 14.2 Å². The monoisotopic (exact) mass is 392 g/mol. The molecule has 6 nitrogen and oxygen atoms in total. The van der Waals surface area contributed by atoms with Gasteiger partial charge in [0, 0.05) is 36.1 Å². The molecule has 0 aliphatic heterocycles. The van der Waals surface area contributed by atoms with Gasteiger partial charge in [-0.3, -0.25) is 9.78 Å². The van der Waals surface area contributed by atoms with Crippen LogP contribution >= 0.6 is 0 Å². The van der Waals surface area contributed by atoms with Crippen LogP contribution in [0.15, 0.2) is 73.1 Å². The van der Waals surface area contributed by atoms with Crippen LogP contribution in [-0.2, 0) is 11.4 Å². The van der Waals surface area contributed by atoms with Crippen molar-refractivity contribution in [2.45, 2.75) is 19.4 Å². The summed E-state index contributed by atoms with van der Waals surface area (Å²) in [6, 6.07) is 18.5. The second-order valence-electron chi connectivity index (χ2n) is 6.35. The molecule has 1 heterocycles. The Balaban J connectivity index is 1.39. The second-order valence-corrected chi connectivity index (χ2v) is 6.35. The van der Waals surface area contributed by atoms with E-state index in [-0.39, 0.29) is 5.91 Å². The molecule has 0 bridgehead atoms. The summed E-state index contributed by atoms with van der Waals surface area (Å²) in [7, 11) is 1.62. The van der Waals surface area contributed by atoms with E-state index in [1.807, 2.05) is 60.7 Å². The van der Waals surface area contributed by atoms with E-state index < -0.39 is 0 Å². The zero-order valence-corrected chi connectivity index (χ0v) is 16.3. The lowest BCUT2D eigenvalue weighted by Gasteiger charge is -2.10. The smallest absolute Gasteiger partial charge is 0.224 e. The standard InChI is InChI=1S/C23H24N2O4/c1-27-20-9-11-21(12-10-20)28-14-4-8-23(26)25-19-6-2-7-22(15-19)29-17-18-5-3-13-24-16-18/h2-3,5-7,9-13,15-16H,4,8,14,17H2,1H3,(H,25,26). The van der Waals surface area contributed by atoms with E-state index in [2.05, 4.69) is 10.3 Å². The first-order chi connectivity index (χ1) is 14.2. The van der Waals surface area contributed by atoms with Gasteiger partial charge in [-0.05, 0) is 48.9 Å². The Labute approximate surface area is 170 Å². The Morgan fingerprint density at radius 2 is 1.79 bits per heavy atom. The molecule has 6 heteroatoms. The van der Waals surface area contributed by atoms with Crippen molar-refractivity contribution in [2.24, 2.45) is 0 Å². The van der Waals surface area contributed by atoms with Gasteiger partial charge in [-0.15, -0.1) is 0 Å². The zero-order chi connectivity index (χ0) is 20.3. The van der Waals surface area contributed by atoms with Crippen molar-refractivity contribution in [3.8, 4) is 17.2 Å². The summed E-state index contributed by atoms with van der Waals surface area (Å²) >= 11 is 0. The number of nitrogens with zero attached hydrogens (tertiary/aromatic N) is 1. The van der Waals surface area contributed by atoms with E-state index in [1.165, 1.54) is 0 Å².